The summed E-state index contributed by atoms with van der Waals surface area (Å²) in [6.45, 7) is 5.58. The van der Waals surface area contributed by atoms with Crippen molar-refractivity contribution in [2.75, 3.05) is 18.5 Å². The maximum atomic E-state index is 8.92. The zero-order chi connectivity index (χ0) is 13.4. The number of hydrogen-bond acceptors (Lipinski definition) is 2. The van der Waals surface area contributed by atoms with Gasteiger partial charge in [0.1, 0.15) is 0 Å². The van der Waals surface area contributed by atoms with E-state index in [0.29, 0.717) is 0 Å². The van der Waals surface area contributed by atoms with Gasteiger partial charge >= 0.3 is 0 Å². The van der Waals surface area contributed by atoms with Crippen molar-refractivity contribution in [3.8, 4) is 6.07 Å². The molecule has 1 unspecified atom stereocenters. The van der Waals surface area contributed by atoms with Crippen molar-refractivity contribution in [3.05, 3.63) is 29.8 Å². The van der Waals surface area contributed by atoms with Gasteiger partial charge in [-0.3, -0.25) is 0 Å². The number of rotatable bonds is 7. The Bertz CT molecular complexity index is 392. The first-order valence-corrected chi connectivity index (χ1v) is 6.92. The van der Waals surface area contributed by atoms with Gasteiger partial charge in [-0.25, -0.2) is 0 Å². The van der Waals surface area contributed by atoms with Crippen LogP contribution in [0.15, 0.2) is 24.3 Å². The SMILES string of the molecule is CCCCC(CC)CN(C)c1cccc(C#N)c1. The minimum absolute atomic E-state index is 0.737. The fourth-order valence-electron chi connectivity index (χ4n) is 2.22. The molecule has 1 aromatic carbocycles. The third-order valence-electron chi connectivity index (χ3n) is 3.49. The summed E-state index contributed by atoms with van der Waals surface area (Å²) in [6, 6.07) is 10.0. The van der Waals surface area contributed by atoms with Crippen LogP contribution in [0.4, 0.5) is 5.69 Å². The Kier molecular flexibility index (Phi) is 6.28. The molecule has 2 heteroatoms. The van der Waals surface area contributed by atoms with Crippen LogP contribution in [0.5, 0.6) is 0 Å². The molecule has 0 saturated carbocycles. The second kappa shape index (κ2) is 7.76. The van der Waals surface area contributed by atoms with Gasteiger partial charge in [0, 0.05) is 19.3 Å². The Morgan fingerprint density at radius 1 is 1.33 bits per heavy atom. The van der Waals surface area contributed by atoms with Crippen LogP contribution in [-0.4, -0.2) is 13.6 Å². The molecule has 0 aliphatic heterocycles. The Balaban J connectivity index is 2.62. The largest absolute Gasteiger partial charge is 0.374 e. The van der Waals surface area contributed by atoms with Crippen LogP contribution in [0, 0.1) is 17.2 Å². The fourth-order valence-corrected chi connectivity index (χ4v) is 2.22. The molecule has 0 heterocycles. The quantitative estimate of drug-likeness (QED) is 0.718. The standard InChI is InChI=1S/C16H24N2/c1-4-6-8-14(5-2)13-18(3)16-10-7-9-15(11-16)12-17/h7,9-11,14H,4-6,8,13H2,1-3H3. The summed E-state index contributed by atoms with van der Waals surface area (Å²) in [5.41, 5.74) is 1.88. The van der Waals surface area contributed by atoms with Crippen LogP contribution in [0.1, 0.15) is 45.1 Å². The summed E-state index contributed by atoms with van der Waals surface area (Å²) < 4.78 is 0. The second-order valence-electron chi connectivity index (χ2n) is 4.96. The van der Waals surface area contributed by atoms with Gasteiger partial charge in [-0.2, -0.15) is 5.26 Å². The molecule has 0 amide bonds. The molecule has 0 fully saturated rings. The summed E-state index contributed by atoms with van der Waals surface area (Å²) in [5, 5.41) is 8.92. The summed E-state index contributed by atoms with van der Waals surface area (Å²) in [4.78, 5) is 2.27. The molecule has 0 bridgehead atoms. The van der Waals surface area contributed by atoms with E-state index in [1.54, 1.807) is 0 Å². The maximum absolute atomic E-state index is 8.92. The van der Waals surface area contributed by atoms with E-state index < -0.39 is 0 Å². The molecule has 0 aliphatic carbocycles. The van der Waals surface area contributed by atoms with E-state index in [1.165, 1.54) is 25.7 Å². The summed E-state index contributed by atoms with van der Waals surface area (Å²) >= 11 is 0. The van der Waals surface area contributed by atoms with Crippen LogP contribution in [0.3, 0.4) is 0 Å². The van der Waals surface area contributed by atoms with Gasteiger partial charge in [0.15, 0.2) is 0 Å². The molecule has 0 radical (unpaired) electrons. The highest BCUT2D eigenvalue weighted by Crippen LogP contribution is 2.19. The molecule has 0 aliphatic rings. The van der Waals surface area contributed by atoms with Crippen molar-refractivity contribution in [1.29, 1.82) is 5.26 Å². The topological polar surface area (TPSA) is 27.0 Å². The lowest BCUT2D eigenvalue weighted by atomic mass is 9.98. The zero-order valence-corrected chi connectivity index (χ0v) is 11.8. The molecule has 0 aromatic heterocycles. The van der Waals surface area contributed by atoms with Gasteiger partial charge < -0.3 is 4.90 Å². The van der Waals surface area contributed by atoms with Crippen molar-refractivity contribution >= 4 is 5.69 Å². The normalized spacial score (nSPS) is 11.9. The molecule has 0 N–H and O–H groups in total. The first kappa shape index (κ1) is 14.6. The number of benzene rings is 1. The monoisotopic (exact) mass is 244 g/mol. The number of nitrogens with zero attached hydrogens (tertiary/aromatic N) is 2. The van der Waals surface area contributed by atoms with E-state index in [1.807, 2.05) is 18.2 Å². The van der Waals surface area contributed by atoms with Crippen LogP contribution >= 0.6 is 0 Å². The van der Waals surface area contributed by atoms with Crippen molar-refractivity contribution in [1.82, 2.24) is 0 Å². The van der Waals surface area contributed by atoms with Crippen LogP contribution in [0.2, 0.25) is 0 Å². The maximum Gasteiger partial charge on any atom is 0.0992 e. The van der Waals surface area contributed by atoms with E-state index in [4.69, 9.17) is 5.26 Å². The molecular weight excluding hydrogens is 220 g/mol. The lowest BCUT2D eigenvalue weighted by molar-refractivity contribution is 0.454. The smallest absolute Gasteiger partial charge is 0.0992 e. The van der Waals surface area contributed by atoms with E-state index >= 15 is 0 Å². The van der Waals surface area contributed by atoms with Crippen LogP contribution in [0.25, 0.3) is 0 Å². The van der Waals surface area contributed by atoms with Gasteiger partial charge in [0.05, 0.1) is 11.6 Å². The molecule has 0 saturated heterocycles. The minimum atomic E-state index is 0.737. The predicted octanol–water partition coefficient (Wildman–Crippen LogP) is 4.21. The van der Waals surface area contributed by atoms with Gasteiger partial charge in [-0.05, 0) is 30.5 Å². The van der Waals surface area contributed by atoms with Crippen molar-refractivity contribution in [2.24, 2.45) is 5.92 Å². The van der Waals surface area contributed by atoms with Gasteiger partial charge in [-0.1, -0.05) is 39.2 Å². The number of unbranched alkanes of at least 4 members (excludes halogenated alkanes) is 1. The summed E-state index contributed by atoms with van der Waals surface area (Å²) in [7, 11) is 2.12. The summed E-state index contributed by atoms with van der Waals surface area (Å²) in [6.07, 6.45) is 5.10. The Labute approximate surface area is 111 Å². The molecule has 98 valence electrons. The van der Waals surface area contributed by atoms with Crippen LogP contribution < -0.4 is 4.90 Å². The number of nitriles is 1. The Hall–Kier alpha value is -1.49. The molecule has 0 spiro atoms. The van der Waals surface area contributed by atoms with E-state index in [9.17, 15) is 0 Å². The van der Waals surface area contributed by atoms with Gasteiger partial charge in [-0.15, -0.1) is 0 Å². The highest BCUT2D eigenvalue weighted by atomic mass is 15.1. The van der Waals surface area contributed by atoms with Crippen molar-refractivity contribution in [2.45, 2.75) is 39.5 Å². The first-order valence-electron chi connectivity index (χ1n) is 6.92. The number of anilines is 1. The average molecular weight is 244 g/mol. The van der Waals surface area contributed by atoms with E-state index in [2.05, 4.69) is 37.9 Å². The van der Waals surface area contributed by atoms with Crippen molar-refractivity contribution in [3.63, 3.8) is 0 Å². The molecule has 2 nitrogen and oxygen atoms in total. The zero-order valence-electron chi connectivity index (χ0n) is 11.8. The lowest BCUT2D eigenvalue weighted by Gasteiger charge is -2.25. The van der Waals surface area contributed by atoms with Crippen LogP contribution in [-0.2, 0) is 0 Å². The molecule has 1 atom stereocenters. The second-order valence-corrected chi connectivity index (χ2v) is 4.96. The third kappa shape index (κ3) is 4.41. The minimum Gasteiger partial charge on any atom is -0.374 e. The predicted molar refractivity (Wildman–Crippen MR) is 77.7 cm³/mol. The van der Waals surface area contributed by atoms with Crippen molar-refractivity contribution < 1.29 is 0 Å². The average Bonchev–Trinajstić information content (AvgIpc) is 2.43. The van der Waals surface area contributed by atoms with Gasteiger partial charge in [0.2, 0.25) is 0 Å². The molecule has 1 aromatic rings. The highest BCUT2D eigenvalue weighted by Gasteiger charge is 2.10. The number of hydrogen-bond donors (Lipinski definition) is 0. The lowest BCUT2D eigenvalue weighted by Crippen LogP contribution is -2.25. The first-order chi connectivity index (χ1) is 8.71. The highest BCUT2D eigenvalue weighted by molar-refractivity contribution is 5.50. The summed E-state index contributed by atoms with van der Waals surface area (Å²) in [5.74, 6) is 0.751. The molecule has 18 heavy (non-hydrogen) atoms. The Morgan fingerprint density at radius 3 is 2.72 bits per heavy atom. The fraction of sp³-hybridized carbons (Fsp3) is 0.562. The molecule has 1 rings (SSSR count). The molecular formula is C16H24N2. The van der Waals surface area contributed by atoms with E-state index in [-0.39, 0.29) is 0 Å². The van der Waals surface area contributed by atoms with E-state index in [0.717, 1.165) is 23.7 Å². The Morgan fingerprint density at radius 2 is 2.11 bits per heavy atom. The van der Waals surface area contributed by atoms with Gasteiger partial charge in [0.25, 0.3) is 0 Å². The third-order valence-corrected chi connectivity index (χ3v) is 3.49.